The molecule has 3 aromatic carbocycles. The van der Waals surface area contributed by atoms with Crippen molar-refractivity contribution in [2.24, 2.45) is 5.92 Å². The Balaban J connectivity index is 1.07. The largest absolute Gasteiger partial charge is 0.497 e. The Labute approximate surface area is 336 Å². The average molecular weight is 785 g/mol. The second-order valence-corrected chi connectivity index (χ2v) is 15.6. The van der Waals surface area contributed by atoms with Gasteiger partial charge in [0.2, 0.25) is 12.1 Å². The van der Waals surface area contributed by atoms with Gasteiger partial charge in [-0.15, -0.1) is 0 Å². The van der Waals surface area contributed by atoms with Gasteiger partial charge in [0.1, 0.15) is 34.9 Å². The molecule has 58 heavy (non-hydrogen) atoms. The summed E-state index contributed by atoms with van der Waals surface area (Å²) < 4.78 is 25.4. The molecule has 6 aromatic rings. The van der Waals surface area contributed by atoms with Crippen LogP contribution in [0.2, 0.25) is 0 Å². The Morgan fingerprint density at radius 2 is 1.59 bits per heavy atom. The van der Waals surface area contributed by atoms with Crippen LogP contribution >= 0.6 is 0 Å². The predicted octanol–water partition coefficient (Wildman–Crippen LogP) is 7.51. The van der Waals surface area contributed by atoms with Gasteiger partial charge in [-0.2, -0.15) is 0 Å². The number of alkyl carbamates (subject to hydrolysis) is 1. The van der Waals surface area contributed by atoms with Gasteiger partial charge in [-0.3, -0.25) is 4.79 Å². The van der Waals surface area contributed by atoms with Gasteiger partial charge in [0.05, 0.1) is 68.4 Å². The van der Waals surface area contributed by atoms with Crippen molar-refractivity contribution in [3.05, 3.63) is 90.3 Å². The quantitative estimate of drug-likeness (QED) is 0.110. The first-order valence-corrected chi connectivity index (χ1v) is 19.9. The van der Waals surface area contributed by atoms with E-state index >= 15 is 0 Å². The van der Waals surface area contributed by atoms with Crippen molar-refractivity contribution in [1.29, 1.82) is 0 Å². The number of ether oxygens (including phenoxy) is 4. The van der Waals surface area contributed by atoms with Crippen LogP contribution in [0.15, 0.2) is 73.1 Å². The molecule has 0 spiro atoms. The van der Waals surface area contributed by atoms with E-state index in [0.29, 0.717) is 29.6 Å². The number of benzene rings is 3. The summed E-state index contributed by atoms with van der Waals surface area (Å²) in [6, 6.07) is 20.0. The number of imidazole rings is 2. The van der Waals surface area contributed by atoms with Gasteiger partial charge in [0.15, 0.2) is 0 Å². The van der Waals surface area contributed by atoms with E-state index in [2.05, 4.69) is 61.6 Å². The summed E-state index contributed by atoms with van der Waals surface area (Å²) in [7, 11) is 4.58. The van der Waals surface area contributed by atoms with Gasteiger partial charge >= 0.3 is 6.09 Å². The molecule has 4 atom stereocenters. The molecule has 4 unspecified atom stereocenters. The monoisotopic (exact) mass is 784 g/mol. The van der Waals surface area contributed by atoms with Crippen molar-refractivity contribution < 1.29 is 28.5 Å². The van der Waals surface area contributed by atoms with E-state index in [1.54, 1.807) is 20.4 Å². The van der Waals surface area contributed by atoms with Gasteiger partial charge in [0.25, 0.3) is 0 Å². The zero-order valence-corrected chi connectivity index (χ0v) is 33.3. The maximum absolute atomic E-state index is 13.8. The molecule has 14 heteroatoms. The van der Waals surface area contributed by atoms with Crippen molar-refractivity contribution >= 4 is 22.9 Å². The van der Waals surface area contributed by atoms with Gasteiger partial charge < -0.3 is 49.0 Å². The number of carbonyl (C=O) groups is 2. The number of nitrogens with one attached hydrogen (secondary N) is 4. The summed E-state index contributed by atoms with van der Waals surface area (Å²) in [5, 5.41) is 7.32. The van der Waals surface area contributed by atoms with E-state index < -0.39 is 18.4 Å². The maximum atomic E-state index is 13.8. The molecule has 2 saturated heterocycles. The second kappa shape index (κ2) is 15.2. The Morgan fingerprint density at radius 1 is 0.862 bits per heavy atom. The minimum atomic E-state index is -0.711. The Bertz CT molecular complexity index is 2470. The van der Waals surface area contributed by atoms with Crippen LogP contribution in [0.25, 0.3) is 44.7 Å². The van der Waals surface area contributed by atoms with Crippen molar-refractivity contribution in [3.8, 4) is 51.0 Å². The van der Waals surface area contributed by atoms with Crippen LogP contribution in [0, 0.1) is 5.92 Å². The third kappa shape index (κ3) is 6.70. The SMILES string of the molecule is COC(=O)NC(C(=O)N1CCCC1c1ncc(-c2ccc3c(c2)OC(c2cc(OC)cc(OC)c2)n2c-3cc3cc(-c4cnc(C5CCCN5)[nH]4)ccc32)[nH]1)C(C)C. The Kier molecular flexibility index (Phi) is 9.80. The summed E-state index contributed by atoms with van der Waals surface area (Å²) in [6.45, 7) is 5.40. The maximum Gasteiger partial charge on any atom is 0.407 e. The minimum Gasteiger partial charge on any atom is -0.497 e. The standard InChI is InChI=1S/C44H48N8O6/c1-24(2)39(50-44(54)57-5)42(53)51-15-7-9-36(51)41-47-23-34(49-41)26-10-12-31-37-19-27-16-25(33-22-46-40(48-33)32-8-6-14-45-32)11-13-35(27)52(37)43(58-38(31)20-26)28-17-29(55-3)21-30(18-28)56-4/h10-13,16-24,32,36,39,43,45H,6-9,14-15H2,1-5H3,(H,46,48)(H,47,49)(H,50,54). The van der Waals surface area contributed by atoms with Crippen molar-refractivity contribution in [3.63, 3.8) is 0 Å². The van der Waals surface area contributed by atoms with Crippen LogP contribution in [-0.4, -0.2) is 81.9 Å². The molecule has 300 valence electrons. The highest BCUT2D eigenvalue weighted by atomic mass is 16.5. The number of rotatable bonds is 10. The molecule has 3 aliphatic heterocycles. The highest BCUT2D eigenvalue weighted by Crippen LogP contribution is 2.47. The fraction of sp³-hybridized carbons (Fsp3) is 0.364. The molecule has 4 N–H and O–H groups in total. The number of methoxy groups -OCH3 is 3. The molecule has 0 saturated carbocycles. The molecule has 14 nitrogen and oxygen atoms in total. The summed E-state index contributed by atoms with van der Waals surface area (Å²) in [5.74, 6) is 3.43. The summed E-state index contributed by atoms with van der Waals surface area (Å²) in [5.41, 5.74) is 7.58. The van der Waals surface area contributed by atoms with E-state index in [1.807, 2.05) is 49.2 Å². The topological polar surface area (TPSA) is 161 Å². The normalized spacial score (nSPS) is 19.1. The lowest BCUT2D eigenvalue weighted by Crippen LogP contribution is -2.51. The molecule has 6 heterocycles. The van der Waals surface area contributed by atoms with Gasteiger partial charge in [-0.25, -0.2) is 14.8 Å². The lowest BCUT2D eigenvalue weighted by Gasteiger charge is -2.31. The summed E-state index contributed by atoms with van der Waals surface area (Å²) >= 11 is 0. The molecule has 9 rings (SSSR count). The first-order valence-electron chi connectivity index (χ1n) is 19.9. The molecule has 0 aliphatic carbocycles. The molecule has 0 radical (unpaired) electrons. The highest BCUT2D eigenvalue weighted by molar-refractivity contribution is 5.92. The first kappa shape index (κ1) is 37.3. The van der Waals surface area contributed by atoms with Gasteiger partial charge in [-0.1, -0.05) is 26.0 Å². The molecular formula is C44H48N8O6. The molecule has 3 aromatic heterocycles. The van der Waals surface area contributed by atoms with Crippen molar-refractivity contribution in [2.45, 2.75) is 63.9 Å². The third-order valence-corrected chi connectivity index (χ3v) is 11.7. The summed E-state index contributed by atoms with van der Waals surface area (Å²) in [4.78, 5) is 44.2. The number of carbonyl (C=O) groups excluding carboxylic acids is 2. The van der Waals surface area contributed by atoms with Crippen LogP contribution in [0.4, 0.5) is 4.79 Å². The van der Waals surface area contributed by atoms with Crippen LogP contribution in [0.1, 0.15) is 75.1 Å². The number of hydrogen-bond acceptors (Lipinski definition) is 9. The van der Waals surface area contributed by atoms with Crippen LogP contribution < -0.4 is 24.8 Å². The fourth-order valence-electron chi connectivity index (χ4n) is 8.65. The van der Waals surface area contributed by atoms with Gasteiger partial charge in [-0.05, 0) is 80.6 Å². The minimum absolute atomic E-state index is 0.123. The lowest BCUT2D eigenvalue weighted by molar-refractivity contribution is -0.135. The Morgan fingerprint density at radius 3 is 2.29 bits per heavy atom. The average Bonchev–Trinajstić information content (AvgIpc) is 4.10. The fourth-order valence-corrected chi connectivity index (χ4v) is 8.65. The van der Waals surface area contributed by atoms with Crippen molar-refractivity contribution in [2.75, 3.05) is 34.4 Å². The Hall–Kier alpha value is -6.28. The third-order valence-electron chi connectivity index (χ3n) is 11.7. The van der Waals surface area contributed by atoms with Crippen LogP contribution in [0.5, 0.6) is 17.2 Å². The lowest BCUT2D eigenvalue weighted by atomic mass is 10.0. The number of likely N-dealkylation sites (tertiary alicyclic amines) is 1. The number of nitrogens with zero attached hydrogens (tertiary/aromatic N) is 4. The van der Waals surface area contributed by atoms with Crippen LogP contribution in [0.3, 0.4) is 0 Å². The van der Waals surface area contributed by atoms with E-state index in [1.165, 1.54) is 7.11 Å². The molecule has 3 aliphatic rings. The van der Waals surface area contributed by atoms with E-state index in [0.717, 1.165) is 88.3 Å². The van der Waals surface area contributed by atoms with Crippen molar-refractivity contribution in [1.82, 2.24) is 40.0 Å². The smallest absolute Gasteiger partial charge is 0.407 e. The first-order chi connectivity index (χ1) is 28.2. The zero-order valence-electron chi connectivity index (χ0n) is 33.3. The number of hydrogen-bond donors (Lipinski definition) is 4. The van der Waals surface area contributed by atoms with E-state index in [4.69, 9.17) is 28.9 Å². The number of fused-ring (bicyclic) bond motifs is 5. The van der Waals surface area contributed by atoms with Crippen LogP contribution in [-0.2, 0) is 9.53 Å². The van der Waals surface area contributed by atoms with E-state index in [9.17, 15) is 9.59 Å². The number of H-pyrrole nitrogens is 2. The molecular weight excluding hydrogens is 737 g/mol. The second-order valence-electron chi connectivity index (χ2n) is 15.6. The predicted molar refractivity (Wildman–Crippen MR) is 219 cm³/mol. The number of amides is 2. The van der Waals surface area contributed by atoms with E-state index in [-0.39, 0.29) is 23.9 Å². The number of aromatic amines is 2. The molecule has 2 amide bonds. The summed E-state index contributed by atoms with van der Waals surface area (Å²) in [6.07, 6.45) is 6.37. The molecule has 2 fully saturated rings. The molecule has 0 bridgehead atoms. The zero-order chi connectivity index (χ0) is 40.1. The highest BCUT2D eigenvalue weighted by Gasteiger charge is 2.38. The number of aromatic nitrogens is 5. The van der Waals surface area contributed by atoms with Gasteiger partial charge in [0, 0.05) is 40.3 Å².